The summed E-state index contributed by atoms with van der Waals surface area (Å²) in [6.07, 6.45) is 4.27. The van der Waals surface area contributed by atoms with Gasteiger partial charge in [-0.1, -0.05) is 0 Å². The number of hydrogen-bond acceptors (Lipinski definition) is 2. The van der Waals surface area contributed by atoms with Gasteiger partial charge in [0.05, 0.1) is 6.26 Å². The van der Waals surface area contributed by atoms with Crippen molar-refractivity contribution in [3.63, 3.8) is 0 Å². The second-order valence-corrected chi connectivity index (χ2v) is 4.87. The highest BCUT2D eigenvalue weighted by Crippen LogP contribution is 2.07. The lowest BCUT2D eigenvalue weighted by Crippen LogP contribution is -2.35. The summed E-state index contributed by atoms with van der Waals surface area (Å²) >= 11 is 0. The summed E-state index contributed by atoms with van der Waals surface area (Å²) in [6, 6.07) is 0. The number of rotatable bonds is 3. The lowest BCUT2D eigenvalue weighted by molar-refractivity contribution is 0.451. The van der Waals surface area contributed by atoms with Crippen LogP contribution < -0.4 is 10.0 Å². The molecular weight excluding hydrogens is 176 g/mol. The highest BCUT2D eigenvalue weighted by molar-refractivity contribution is 7.88. The number of hydrogen-bond donors (Lipinski definition) is 1. The van der Waals surface area contributed by atoms with Crippen LogP contribution in [0.3, 0.4) is 0 Å². The number of sulfonamides is 1. The highest BCUT2D eigenvalue weighted by atomic mass is 32.2. The Hall–Kier alpha value is -0.130. The van der Waals surface area contributed by atoms with Crippen LogP contribution in [0.25, 0.3) is 0 Å². The fourth-order valence-corrected chi connectivity index (χ4v) is 1.66. The molecule has 0 spiro atoms. The standard InChI is InChI=1S/C7H14N2O2S/c1-12(10,11)9-6-7-3-2-4-8-5-7/h3,7,9H,2,4-6H2,1H3. The van der Waals surface area contributed by atoms with Gasteiger partial charge in [0, 0.05) is 19.6 Å². The van der Waals surface area contributed by atoms with Crippen LogP contribution >= 0.6 is 0 Å². The molecule has 1 heterocycles. The number of nitrogens with zero attached hydrogens (tertiary/aromatic N) is 1. The van der Waals surface area contributed by atoms with Crippen LogP contribution in [-0.4, -0.2) is 34.3 Å². The molecule has 12 heavy (non-hydrogen) atoms. The van der Waals surface area contributed by atoms with Gasteiger partial charge in [-0.05, 0) is 18.8 Å². The van der Waals surface area contributed by atoms with Gasteiger partial charge in [0.2, 0.25) is 10.0 Å². The summed E-state index contributed by atoms with van der Waals surface area (Å²) in [6.45, 7) is 2.13. The van der Waals surface area contributed by atoms with E-state index in [1.54, 1.807) is 0 Å². The molecule has 0 aromatic heterocycles. The summed E-state index contributed by atoms with van der Waals surface area (Å²) in [7, 11) is -3.04. The van der Waals surface area contributed by atoms with Crippen molar-refractivity contribution < 1.29 is 8.42 Å². The van der Waals surface area contributed by atoms with Gasteiger partial charge in [0.25, 0.3) is 0 Å². The molecule has 2 radical (unpaired) electrons. The van der Waals surface area contributed by atoms with Crippen molar-refractivity contribution in [3.8, 4) is 0 Å². The summed E-state index contributed by atoms with van der Waals surface area (Å²) < 4.78 is 23.9. The Bertz CT molecular complexity index is 220. The molecule has 1 rings (SSSR count). The lowest BCUT2D eigenvalue weighted by atomic mass is 10.0. The van der Waals surface area contributed by atoms with Crippen molar-refractivity contribution in [2.24, 2.45) is 5.92 Å². The molecule has 1 unspecified atom stereocenters. The van der Waals surface area contributed by atoms with E-state index in [0.29, 0.717) is 6.54 Å². The van der Waals surface area contributed by atoms with Gasteiger partial charge >= 0.3 is 0 Å². The van der Waals surface area contributed by atoms with E-state index in [4.69, 9.17) is 0 Å². The molecule has 4 nitrogen and oxygen atoms in total. The van der Waals surface area contributed by atoms with Crippen molar-refractivity contribution in [2.45, 2.75) is 6.42 Å². The molecule has 1 fully saturated rings. The maximum Gasteiger partial charge on any atom is 0.208 e. The van der Waals surface area contributed by atoms with E-state index in [-0.39, 0.29) is 5.92 Å². The van der Waals surface area contributed by atoms with E-state index in [0.717, 1.165) is 19.5 Å². The van der Waals surface area contributed by atoms with E-state index in [1.165, 1.54) is 6.26 Å². The first-order valence-corrected chi connectivity index (χ1v) is 5.88. The van der Waals surface area contributed by atoms with Crippen LogP contribution in [0.5, 0.6) is 0 Å². The van der Waals surface area contributed by atoms with Crippen LogP contribution in [-0.2, 0) is 10.0 Å². The van der Waals surface area contributed by atoms with Crippen LogP contribution in [0.4, 0.5) is 0 Å². The molecule has 1 atom stereocenters. The Morgan fingerprint density at radius 2 is 2.42 bits per heavy atom. The minimum atomic E-state index is -3.04. The molecule has 0 aromatic carbocycles. The molecule has 1 aliphatic heterocycles. The highest BCUT2D eigenvalue weighted by Gasteiger charge is 2.15. The predicted molar refractivity (Wildman–Crippen MR) is 47.1 cm³/mol. The van der Waals surface area contributed by atoms with E-state index < -0.39 is 10.0 Å². The number of piperidine rings is 1. The van der Waals surface area contributed by atoms with E-state index in [1.807, 2.05) is 0 Å². The molecule has 0 amide bonds. The average Bonchev–Trinajstić information content (AvgIpc) is 2.02. The maximum absolute atomic E-state index is 10.7. The van der Waals surface area contributed by atoms with Crippen molar-refractivity contribution in [3.05, 3.63) is 6.42 Å². The zero-order valence-corrected chi connectivity index (χ0v) is 7.97. The fraction of sp³-hybridized carbons (Fsp3) is 0.857. The van der Waals surface area contributed by atoms with Crippen LogP contribution in [0.15, 0.2) is 0 Å². The van der Waals surface area contributed by atoms with E-state index in [2.05, 4.69) is 16.5 Å². The fourth-order valence-electron chi connectivity index (χ4n) is 1.14. The van der Waals surface area contributed by atoms with Crippen molar-refractivity contribution in [1.29, 1.82) is 0 Å². The third-order valence-electron chi connectivity index (χ3n) is 1.76. The van der Waals surface area contributed by atoms with Crippen molar-refractivity contribution >= 4 is 10.0 Å². The topological polar surface area (TPSA) is 60.3 Å². The van der Waals surface area contributed by atoms with Gasteiger partial charge in [0.15, 0.2) is 0 Å². The van der Waals surface area contributed by atoms with Gasteiger partial charge in [-0.15, -0.1) is 0 Å². The monoisotopic (exact) mass is 190 g/mol. The predicted octanol–water partition coefficient (Wildman–Crippen LogP) is -0.636. The van der Waals surface area contributed by atoms with Crippen LogP contribution in [0, 0.1) is 12.3 Å². The molecule has 70 valence electrons. The lowest BCUT2D eigenvalue weighted by Gasteiger charge is -2.20. The van der Waals surface area contributed by atoms with Gasteiger partial charge in [-0.25, -0.2) is 18.5 Å². The zero-order valence-electron chi connectivity index (χ0n) is 7.16. The smallest absolute Gasteiger partial charge is 0.208 e. The minimum absolute atomic E-state index is 0.286. The van der Waals surface area contributed by atoms with E-state index in [9.17, 15) is 8.42 Å². The third-order valence-corrected chi connectivity index (χ3v) is 2.45. The van der Waals surface area contributed by atoms with E-state index >= 15 is 0 Å². The normalized spacial score (nSPS) is 25.6. The van der Waals surface area contributed by atoms with Crippen molar-refractivity contribution in [2.75, 3.05) is 25.9 Å². The molecule has 1 aliphatic rings. The zero-order chi connectivity index (χ0) is 9.03. The Morgan fingerprint density at radius 3 is 2.92 bits per heavy atom. The second-order valence-electron chi connectivity index (χ2n) is 3.03. The van der Waals surface area contributed by atoms with Gasteiger partial charge < -0.3 is 0 Å². The Balaban J connectivity index is 2.22. The van der Waals surface area contributed by atoms with Gasteiger partial charge in [-0.2, -0.15) is 0 Å². The van der Waals surface area contributed by atoms with Crippen LogP contribution in [0.1, 0.15) is 6.42 Å². The largest absolute Gasteiger partial charge is 0.241 e. The molecule has 0 aromatic rings. The molecular formula is C7H14N2O2S. The second kappa shape index (κ2) is 4.20. The summed E-state index contributed by atoms with van der Waals surface area (Å²) in [5, 5.41) is 4.19. The first kappa shape index (κ1) is 9.95. The summed E-state index contributed by atoms with van der Waals surface area (Å²) in [5.41, 5.74) is 0. The summed E-state index contributed by atoms with van der Waals surface area (Å²) in [4.78, 5) is 0. The maximum atomic E-state index is 10.7. The number of nitrogens with one attached hydrogen (secondary N) is 1. The Labute approximate surface area is 73.8 Å². The molecule has 0 bridgehead atoms. The molecule has 5 heteroatoms. The molecule has 0 saturated carbocycles. The first-order valence-electron chi connectivity index (χ1n) is 3.99. The summed E-state index contributed by atoms with van der Waals surface area (Å²) in [5.74, 6) is 0.286. The third kappa shape index (κ3) is 4.04. The average molecular weight is 190 g/mol. The first-order chi connectivity index (χ1) is 5.58. The Morgan fingerprint density at radius 1 is 1.67 bits per heavy atom. The molecule has 1 saturated heterocycles. The quantitative estimate of drug-likeness (QED) is 0.644. The van der Waals surface area contributed by atoms with Crippen molar-refractivity contribution in [1.82, 2.24) is 10.0 Å². The SMILES string of the molecule is CS(=O)(=O)NCC1[CH]CC[N]C1. The van der Waals surface area contributed by atoms with Gasteiger partial charge in [0.1, 0.15) is 0 Å². The minimum Gasteiger partial charge on any atom is -0.241 e. The molecule has 1 N–H and O–H groups in total. The molecule has 0 aliphatic carbocycles. The van der Waals surface area contributed by atoms with Crippen LogP contribution in [0.2, 0.25) is 0 Å². The van der Waals surface area contributed by atoms with Gasteiger partial charge in [-0.3, -0.25) is 0 Å². The Kier molecular flexibility index (Phi) is 3.49.